The van der Waals surface area contributed by atoms with Gasteiger partial charge in [-0.2, -0.15) is 0 Å². The van der Waals surface area contributed by atoms with Crippen LogP contribution in [-0.2, 0) is 16.0 Å². The average molecular weight is 361 g/mol. The molecule has 25 heavy (non-hydrogen) atoms. The third kappa shape index (κ3) is 4.52. The monoisotopic (exact) mass is 361 g/mol. The normalized spacial score (nSPS) is 15.4. The predicted molar refractivity (Wildman–Crippen MR) is 97.2 cm³/mol. The fourth-order valence-electron chi connectivity index (χ4n) is 2.94. The van der Waals surface area contributed by atoms with Gasteiger partial charge in [0.1, 0.15) is 17.4 Å². The molecule has 0 unspecified atom stereocenters. The highest BCUT2D eigenvalue weighted by Gasteiger charge is 2.24. The van der Waals surface area contributed by atoms with Crippen LogP contribution in [0, 0.1) is 0 Å². The highest BCUT2D eigenvalue weighted by atomic mass is 32.1. The number of carbonyl (C=O) groups excluding carboxylic acids is 1. The number of rotatable bonds is 6. The van der Waals surface area contributed by atoms with Crippen molar-refractivity contribution < 1.29 is 9.53 Å². The first-order valence-corrected chi connectivity index (χ1v) is 9.34. The van der Waals surface area contributed by atoms with Gasteiger partial charge >= 0.3 is 0 Å². The van der Waals surface area contributed by atoms with Gasteiger partial charge in [0, 0.05) is 31.8 Å². The maximum absolute atomic E-state index is 11.9. The van der Waals surface area contributed by atoms with Gasteiger partial charge in [-0.3, -0.25) is 4.79 Å². The molecule has 0 bridgehead atoms. The third-order valence-electron chi connectivity index (χ3n) is 4.31. The van der Waals surface area contributed by atoms with Gasteiger partial charge < -0.3 is 15.0 Å². The Bertz CT molecular complexity index is 713. The summed E-state index contributed by atoms with van der Waals surface area (Å²) in [6.07, 6.45) is 2.72. The molecule has 3 rings (SSSR count). The van der Waals surface area contributed by atoms with Crippen molar-refractivity contribution in [3.05, 3.63) is 28.9 Å². The molecule has 0 aliphatic carbocycles. The first kappa shape index (κ1) is 17.8. The summed E-state index contributed by atoms with van der Waals surface area (Å²) in [6.45, 7) is 3.72. The summed E-state index contributed by atoms with van der Waals surface area (Å²) < 4.78 is 4.93. The van der Waals surface area contributed by atoms with Crippen LogP contribution in [0.15, 0.2) is 18.2 Å². The number of likely N-dealkylation sites (tertiary alicyclic amines) is 1. The van der Waals surface area contributed by atoms with E-state index in [0.29, 0.717) is 5.92 Å². The summed E-state index contributed by atoms with van der Waals surface area (Å²) in [5.41, 5.74) is 1.06. The number of aryl methyl sites for hydroxylation is 1. The van der Waals surface area contributed by atoms with Crippen molar-refractivity contribution in [2.24, 2.45) is 0 Å². The number of amides is 1. The van der Waals surface area contributed by atoms with Crippen LogP contribution in [0.1, 0.15) is 36.4 Å². The minimum absolute atomic E-state index is 0.0623. The van der Waals surface area contributed by atoms with E-state index in [9.17, 15) is 4.79 Å². The van der Waals surface area contributed by atoms with Crippen molar-refractivity contribution in [3.63, 3.8) is 0 Å². The molecule has 1 aliphatic rings. The Balaban J connectivity index is 1.61. The van der Waals surface area contributed by atoms with Gasteiger partial charge in [0.05, 0.1) is 0 Å². The molecule has 2 aromatic rings. The number of hydrogen-bond donors (Lipinski definition) is 1. The molecule has 3 heterocycles. The lowest BCUT2D eigenvalue weighted by molar-refractivity contribution is -0.136. The van der Waals surface area contributed by atoms with Crippen LogP contribution >= 0.6 is 11.3 Å². The van der Waals surface area contributed by atoms with Gasteiger partial charge in [0.25, 0.3) is 0 Å². The van der Waals surface area contributed by atoms with E-state index in [-0.39, 0.29) is 12.5 Å². The minimum Gasteiger partial charge on any atom is -0.375 e. The predicted octanol–water partition coefficient (Wildman–Crippen LogP) is 2.59. The SMILES string of the molecule is CCc1nnc(Nc2cccc(C3CCN(C(=O)COC)CC3)n2)s1. The average Bonchev–Trinajstić information content (AvgIpc) is 3.10. The maximum Gasteiger partial charge on any atom is 0.248 e. The molecule has 0 aromatic carbocycles. The Morgan fingerprint density at radius 2 is 2.16 bits per heavy atom. The van der Waals surface area contributed by atoms with Crippen LogP contribution in [0.25, 0.3) is 0 Å². The van der Waals surface area contributed by atoms with E-state index in [1.807, 2.05) is 17.0 Å². The summed E-state index contributed by atoms with van der Waals surface area (Å²) in [6, 6.07) is 6.00. The molecule has 1 fully saturated rings. The zero-order valence-electron chi connectivity index (χ0n) is 14.6. The lowest BCUT2D eigenvalue weighted by Crippen LogP contribution is -2.39. The summed E-state index contributed by atoms with van der Waals surface area (Å²) in [7, 11) is 1.55. The molecule has 1 amide bonds. The lowest BCUT2D eigenvalue weighted by atomic mass is 9.93. The molecule has 0 spiro atoms. The highest BCUT2D eigenvalue weighted by molar-refractivity contribution is 7.15. The number of aromatic nitrogens is 3. The molecular weight excluding hydrogens is 338 g/mol. The zero-order chi connectivity index (χ0) is 17.6. The van der Waals surface area contributed by atoms with Gasteiger partial charge in [-0.25, -0.2) is 4.98 Å². The van der Waals surface area contributed by atoms with Crippen molar-refractivity contribution in [1.82, 2.24) is 20.1 Å². The van der Waals surface area contributed by atoms with Crippen LogP contribution in [0.4, 0.5) is 10.9 Å². The minimum atomic E-state index is 0.0623. The van der Waals surface area contributed by atoms with E-state index in [4.69, 9.17) is 9.72 Å². The van der Waals surface area contributed by atoms with Crippen molar-refractivity contribution in [1.29, 1.82) is 0 Å². The summed E-state index contributed by atoms with van der Waals surface area (Å²) in [5.74, 6) is 1.22. The fourth-order valence-corrected chi connectivity index (χ4v) is 3.63. The zero-order valence-corrected chi connectivity index (χ0v) is 15.4. The molecule has 2 aromatic heterocycles. The number of anilines is 2. The van der Waals surface area contributed by atoms with Crippen molar-refractivity contribution in [2.45, 2.75) is 32.1 Å². The summed E-state index contributed by atoms with van der Waals surface area (Å²) in [4.78, 5) is 18.5. The number of ether oxygens (including phenoxy) is 1. The molecule has 7 nitrogen and oxygen atoms in total. The van der Waals surface area contributed by atoms with E-state index in [2.05, 4.69) is 28.5 Å². The van der Waals surface area contributed by atoms with Crippen molar-refractivity contribution in [3.8, 4) is 0 Å². The molecule has 0 atom stereocenters. The standard InChI is InChI=1S/C17H23N5O2S/c1-3-15-20-21-17(25-15)19-14-6-4-5-13(18-14)12-7-9-22(10-8-12)16(23)11-24-2/h4-6,12H,3,7-11H2,1-2H3,(H,18,19,21). The van der Waals surface area contributed by atoms with Crippen LogP contribution in [0.3, 0.4) is 0 Å². The molecule has 8 heteroatoms. The summed E-state index contributed by atoms with van der Waals surface area (Å²) in [5, 5.41) is 13.3. The number of carbonyl (C=O) groups is 1. The van der Waals surface area contributed by atoms with Crippen LogP contribution in [-0.4, -0.2) is 52.8 Å². The lowest BCUT2D eigenvalue weighted by Gasteiger charge is -2.31. The molecular formula is C17H23N5O2S. The number of hydrogen-bond acceptors (Lipinski definition) is 7. The second kappa shape index (κ2) is 8.35. The molecule has 0 radical (unpaired) electrons. The first-order chi connectivity index (χ1) is 12.2. The van der Waals surface area contributed by atoms with E-state index < -0.39 is 0 Å². The number of nitrogens with one attached hydrogen (secondary N) is 1. The van der Waals surface area contributed by atoms with E-state index in [1.54, 1.807) is 18.4 Å². The smallest absolute Gasteiger partial charge is 0.248 e. The van der Waals surface area contributed by atoms with E-state index in [0.717, 1.165) is 54.0 Å². The molecule has 134 valence electrons. The van der Waals surface area contributed by atoms with Gasteiger partial charge in [0.15, 0.2) is 0 Å². The number of pyridine rings is 1. The number of nitrogens with zero attached hydrogens (tertiary/aromatic N) is 4. The van der Waals surface area contributed by atoms with Gasteiger partial charge in [-0.15, -0.1) is 10.2 Å². The Labute approximate surface area is 151 Å². The summed E-state index contributed by atoms with van der Waals surface area (Å²) >= 11 is 1.55. The Hall–Kier alpha value is -2.06. The molecule has 0 saturated carbocycles. The van der Waals surface area contributed by atoms with Crippen LogP contribution in [0.5, 0.6) is 0 Å². The number of piperidine rings is 1. The molecule has 1 N–H and O–H groups in total. The second-order valence-corrected chi connectivity index (χ2v) is 7.08. The Kier molecular flexibility index (Phi) is 5.93. The van der Waals surface area contributed by atoms with Gasteiger partial charge in [-0.1, -0.05) is 24.3 Å². The fraction of sp³-hybridized carbons (Fsp3) is 0.529. The highest BCUT2D eigenvalue weighted by Crippen LogP contribution is 2.28. The second-order valence-electron chi connectivity index (χ2n) is 6.02. The van der Waals surface area contributed by atoms with Crippen molar-refractivity contribution in [2.75, 3.05) is 32.1 Å². The van der Waals surface area contributed by atoms with E-state index in [1.165, 1.54) is 0 Å². The largest absolute Gasteiger partial charge is 0.375 e. The van der Waals surface area contributed by atoms with Crippen LogP contribution in [0.2, 0.25) is 0 Å². The van der Waals surface area contributed by atoms with Crippen molar-refractivity contribution >= 4 is 28.2 Å². The Morgan fingerprint density at radius 3 is 2.84 bits per heavy atom. The first-order valence-electron chi connectivity index (χ1n) is 8.52. The quantitative estimate of drug-likeness (QED) is 0.852. The van der Waals surface area contributed by atoms with Crippen LogP contribution < -0.4 is 5.32 Å². The van der Waals surface area contributed by atoms with E-state index >= 15 is 0 Å². The molecule has 1 aliphatic heterocycles. The maximum atomic E-state index is 11.9. The van der Waals surface area contributed by atoms with Gasteiger partial charge in [0.2, 0.25) is 11.0 Å². The molecule has 1 saturated heterocycles. The topological polar surface area (TPSA) is 80.2 Å². The van der Waals surface area contributed by atoms with Gasteiger partial charge in [-0.05, 0) is 31.4 Å². The third-order valence-corrected chi connectivity index (χ3v) is 5.29. The number of methoxy groups -OCH3 is 1. The Morgan fingerprint density at radius 1 is 1.36 bits per heavy atom.